The molecule has 0 spiro atoms. The molecule has 6 nitrogen and oxygen atoms in total. The van der Waals surface area contributed by atoms with Crippen molar-refractivity contribution >= 4 is 5.95 Å². The van der Waals surface area contributed by atoms with E-state index in [-0.39, 0.29) is 5.82 Å². The molecule has 4 heterocycles. The molecule has 2 atom stereocenters. The van der Waals surface area contributed by atoms with E-state index in [9.17, 15) is 4.39 Å². The topological polar surface area (TPSA) is 69.7 Å². The monoisotopic (exact) mass is 288 g/mol. The Morgan fingerprint density at radius 2 is 2.24 bits per heavy atom. The lowest BCUT2D eigenvalue weighted by Crippen LogP contribution is -2.45. The van der Waals surface area contributed by atoms with E-state index in [0.717, 1.165) is 25.6 Å². The molecule has 4 rings (SSSR count). The highest BCUT2D eigenvalue weighted by Gasteiger charge is 2.36. The maximum atomic E-state index is 12.9. The highest BCUT2D eigenvalue weighted by atomic mass is 19.1. The number of rotatable bonds is 2. The maximum absolute atomic E-state index is 12.9. The van der Waals surface area contributed by atoms with Crippen LogP contribution in [0, 0.1) is 11.7 Å². The zero-order valence-corrected chi connectivity index (χ0v) is 11.6. The van der Waals surface area contributed by atoms with Crippen molar-refractivity contribution in [2.75, 3.05) is 24.5 Å². The lowest BCUT2D eigenvalue weighted by Gasteiger charge is -2.36. The third-order valence-electron chi connectivity index (χ3n) is 4.38. The molecule has 0 aliphatic carbocycles. The van der Waals surface area contributed by atoms with Gasteiger partial charge in [-0.15, -0.1) is 5.10 Å². The van der Waals surface area contributed by atoms with Gasteiger partial charge in [-0.05, 0) is 30.9 Å². The quantitative estimate of drug-likeness (QED) is 0.869. The lowest BCUT2D eigenvalue weighted by atomic mass is 9.92. The number of halogens is 1. The molecule has 2 aliphatic rings. The first kappa shape index (κ1) is 12.7. The minimum Gasteiger partial charge on any atom is -0.335 e. The second-order valence-corrected chi connectivity index (χ2v) is 5.67. The number of anilines is 1. The summed E-state index contributed by atoms with van der Waals surface area (Å²) in [5, 5.41) is 10.7. The molecule has 0 radical (unpaired) electrons. The van der Waals surface area contributed by atoms with E-state index in [1.165, 1.54) is 25.1 Å². The average molecular weight is 288 g/mol. The standard InChI is InChI=1S/C14H17FN6/c15-10-3-4-11(17-7-10)13-18-14(20-19-13)21-5-1-2-9-6-16-8-12(9)21/h3-4,7,9,12,16H,1-2,5-6,8H2,(H,18,19,20). The Bertz CT molecular complexity index is 625. The van der Waals surface area contributed by atoms with Crippen molar-refractivity contribution in [1.82, 2.24) is 25.5 Å². The van der Waals surface area contributed by atoms with E-state index in [1.54, 1.807) is 6.07 Å². The summed E-state index contributed by atoms with van der Waals surface area (Å²) in [6, 6.07) is 3.46. The normalized spacial score (nSPS) is 25.1. The number of fused-ring (bicyclic) bond motifs is 1. The molecule has 0 aromatic carbocycles. The Hall–Kier alpha value is -2.02. The van der Waals surface area contributed by atoms with Gasteiger partial charge in [0, 0.05) is 25.7 Å². The van der Waals surface area contributed by atoms with Crippen molar-refractivity contribution in [2.45, 2.75) is 18.9 Å². The van der Waals surface area contributed by atoms with Crippen LogP contribution in [0.2, 0.25) is 0 Å². The number of nitrogens with one attached hydrogen (secondary N) is 2. The van der Waals surface area contributed by atoms with Crippen LogP contribution >= 0.6 is 0 Å². The molecule has 0 amide bonds. The summed E-state index contributed by atoms with van der Waals surface area (Å²) in [4.78, 5) is 10.9. The lowest BCUT2D eigenvalue weighted by molar-refractivity contribution is 0.381. The summed E-state index contributed by atoms with van der Waals surface area (Å²) in [6.07, 6.45) is 3.63. The van der Waals surface area contributed by atoms with Gasteiger partial charge < -0.3 is 10.2 Å². The summed E-state index contributed by atoms with van der Waals surface area (Å²) in [6.45, 7) is 3.05. The van der Waals surface area contributed by atoms with Crippen molar-refractivity contribution in [3.8, 4) is 11.5 Å². The molecule has 0 bridgehead atoms. The van der Waals surface area contributed by atoms with Gasteiger partial charge in [-0.2, -0.15) is 4.98 Å². The zero-order valence-electron chi connectivity index (χ0n) is 11.6. The summed E-state index contributed by atoms with van der Waals surface area (Å²) in [5.74, 6) is 1.63. The van der Waals surface area contributed by atoms with E-state index in [0.29, 0.717) is 23.5 Å². The highest BCUT2D eigenvalue weighted by molar-refractivity contribution is 5.51. The van der Waals surface area contributed by atoms with Crippen LogP contribution < -0.4 is 10.2 Å². The van der Waals surface area contributed by atoms with Gasteiger partial charge in [-0.25, -0.2) is 9.37 Å². The van der Waals surface area contributed by atoms with E-state index >= 15 is 0 Å². The predicted octanol–water partition coefficient (Wildman–Crippen LogP) is 1.19. The number of hydrogen-bond donors (Lipinski definition) is 2. The zero-order chi connectivity index (χ0) is 14.2. The number of pyridine rings is 1. The van der Waals surface area contributed by atoms with Gasteiger partial charge in [0.1, 0.15) is 11.5 Å². The Kier molecular flexibility index (Phi) is 3.07. The predicted molar refractivity (Wildman–Crippen MR) is 76.3 cm³/mol. The molecule has 2 aromatic rings. The van der Waals surface area contributed by atoms with Crippen molar-refractivity contribution < 1.29 is 4.39 Å². The van der Waals surface area contributed by atoms with Crippen LogP contribution in [0.5, 0.6) is 0 Å². The van der Waals surface area contributed by atoms with E-state index < -0.39 is 0 Å². The smallest absolute Gasteiger partial charge is 0.245 e. The van der Waals surface area contributed by atoms with Crippen LogP contribution in [-0.2, 0) is 0 Å². The number of aromatic amines is 1. The molecule has 2 aliphatic heterocycles. The molecule has 2 unspecified atom stereocenters. The Balaban J connectivity index is 1.60. The largest absolute Gasteiger partial charge is 0.335 e. The first-order chi connectivity index (χ1) is 10.3. The number of aromatic nitrogens is 4. The molecular weight excluding hydrogens is 271 g/mol. The molecule has 21 heavy (non-hydrogen) atoms. The van der Waals surface area contributed by atoms with Crippen LogP contribution in [0.3, 0.4) is 0 Å². The maximum Gasteiger partial charge on any atom is 0.245 e. The van der Waals surface area contributed by atoms with Crippen molar-refractivity contribution in [1.29, 1.82) is 0 Å². The first-order valence-corrected chi connectivity index (χ1v) is 7.33. The molecular formula is C14H17FN6. The van der Waals surface area contributed by atoms with Crippen LogP contribution in [-0.4, -0.2) is 45.8 Å². The van der Waals surface area contributed by atoms with Crippen molar-refractivity contribution in [2.24, 2.45) is 5.92 Å². The molecule has 2 N–H and O–H groups in total. The van der Waals surface area contributed by atoms with Crippen LogP contribution in [0.25, 0.3) is 11.5 Å². The van der Waals surface area contributed by atoms with Gasteiger partial charge in [0.15, 0.2) is 5.82 Å². The molecule has 2 saturated heterocycles. The Morgan fingerprint density at radius 3 is 3.10 bits per heavy atom. The number of nitrogens with zero attached hydrogens (tertiary/aromatic N) is 4. The highest BCUT2D eigenvalue weighted by Crippen LogP contribution is 2.29. The summed E-state index contributed by atoms with van der Waals surface area (Å²) in [5.41, 5.74) is 0.605. The number of hydrogen-bond acceptors (Lipinski definition) is 5. The molecule has 7 heteroatoms. The Morgan fingerprint density at radius 1 is 1.29 bits per heavy atom. The fourth-order valence-corrected chi connectivity index (χ4v) is 3.33. The molecule has 110 valence electrons. The van der Waals surface area contributed by atoms with E-state index in [4.69, 9.17) is 0 Å². The average Bonchev–Trinajstić information content (AvgIpc) is 3.16. The summed E-state index contributed by atoms with van der Waals surface area (Å²) < 4.78 is 12.9. The van der Waals surface area contributed by atoms with Crippen molar-refractivity contribution in [3.63, 3.8) is 0 Å². The second-order valence-electron chi connectivity index (χ2n) is 5.67. The van der Waals surface area contributed by atoms with Crippen LogP contribution in [0.4, 0.5) is 10.3 Å². The van der Waals surface area contributed by atoms with Crippen molar-refractivity contribution in [3.05, 3.63) is 24.1 Å². The number of H-pyrrole nitrogens is 1. The minimum atomic E-state index is -0.352. The second kappa shape index (κ2) is 5.07. The van der Waals surface area contributed by atoms with Gasteiger partial charge in [-0.3, -0.25) is 5.10 Å². The van der Waals surface area contributed by atoms with Gasteiger partial charge >= 0.3 is 0 Å². The minimum absolute atomic E-state index is 0.352. The number of piperidine rings is 1. The van der Waals surface area contributed by atoms with Crippen LogP contribution in [0.15, 0.2) is 18.3 Å². The summed E-state index contributed by atoms with van der Waals surface area (Å²) >= 11 is 0. The Labute approximate surface area is 121 Å². The van der Waals surface area contributed by atoms with E-state index in [1.807, 2.05) is 0 Å². The van der Waals surface area contributed by atoms with E-state index in [2.05, 4.69) is 30.4 Å². The van der Waals surface area contributed by atoms with Gasteiger partial charge in [-0.1, -0.05) is 0 Å². The fourth-order valence-electron chi connectivity index (χ4n) is 3.33. The van der Waals surface area contributed by atoms with Gasteiger partial charge in [0.25, 0.3) is 0 Å². The third kappa shape index (κ3) is 2.27. The molecule has 2 aromatic heterocycles. The molecule has 2 fully saturated rings. The van der Waals surface area contributed by atoms with Gasteiger partial charge in [0.05, 0.1) is 6.20 Å². The summed E-state index contributed by atoms with van der Waals surface area (Å²) in [7, 11) is 0. The SMILES string of the molecule is Fc1ccc(-c2nc(N3CCCC4CNCC43)n[nH]2)nc1. The fraction of sp³-hybridized carbons (Fsp3) is 0.500. The van der Waals surface area contributed by atoms with Gasteiger partial charge in [0.2, 0.25) is 5.95 Å². The first-order valence-electron chi connectivity index (χ1n) is 7.33. The molecule has 0 saturated carbocycles. The third-order valence-corrected chi connectivity index (χ3v) is 4.38. The van der Waals surface area contributed by atoms with Crippen LogP contribution in [0.1, 0.15) is 12.8 Å².